The number of aromatic nitrogens is 6. The third kappa shape index (κ3) is 1.78. The van der Waals surface area contributed by atoms with E-state index in [4.69, 9.17) is 5.73 Å². The van der Waals surface area contributed by atoms with Crippen molar-refractivity contribution in [2.24, 2.45) is 7.05 Å². The summed E-state index contributed by atoms with van der Waals surface area (Å²) in [6.45, 7) is 5.40. The Balaban J connectivity index is 2.14. The fraction of sp³-hybridized carbons (Fsp3) is 0.417. The van der Waals surface area contributed by atoms with E-state index < -0.39 is 0 Å². The summed E-state index contributed by atoms with van der Waals surface area (Å²) in [7, 11) is 1.90. The molecule has 0 radical (unpaired) electrons. The summed E-state index contributed by atoms with van der Waals surface area (Å²) in [6, 6.07) is 1.98. The van der Waals surface area contributed by atoms with Crippen LogP contribution in [0.3, 0.4) is 0 Å². The van der Waals surface area contributed by atoms with E-state index in [0.29, 0.717) is 12.5 Å². The molecule has 0 aliphatic rings. The van der Waals surface area contributed by atoms with Gasteiger partial charge in [0.25, 0.3) is 0 Å². The molecule has 0 saturated heterocycles. The summed E-state index contributed by atoms with van der Waals surface area (Å²) in [6.07, 6.45) is 1.92. The van der Waals surface area contributed by atoms with Crippen molar-refractivity contribution < 1.29 is 0 Å². The van der Waals surface area contributed by atoms with Crippen molar-refractivity contribution in [3.8, 4) is 0 Å². The highest BCUT2D eigenvalue weighted by Crippen LogP contribution is 2.21. The van der Waals surface area contributed by atoms with E-state index in [9.17, 15) is 0 Å². The summed E-state index contributed by atoms with van der Waals surface area (Å²) in [5.74, 6) is 0.503. The first-order valence-electron chi connectivity index (χ1n) is 6.27. The predicted molar refractivity (Wildman–Crippen MR) is 72.7 cm³/mol. The van der Waals surface area contributed by atoms with Gasteiger partial charge in [-0.1, -0.05) is 0 Å². The molecule has 3 heterocycles. The smallest absolute Gasteiger partial charge is 0.202 e. The van der Waals surface area contributed by atoms with Gasteiger partial charge in [-0.05, 0) is 19.9 Å². The standard InChI is InChI=1S/C12H17N7/c1-4-19-11-10(8(2)15-19)14-12(13)18(11)7-9-5-6-17(3)16-9/h5-6H,4,7H2,1-3H3,(H2,13,14). The van der Waals surface area contributed by atoms with E-state index in [1.807, 2.05) is 35.5 Å². The molecule has 100 valence electrons. The summed E-state index contributed by atoms with van der Waals surface area (Å²) in [4.78, 5) is 4.41. The summed E-state index contributed by atoms with van der Waals surface area (Å²) in [5.41, 5.74) is 9.71. The fourth-order valence-electron chi connectivity index (χ4n) is 2.33. The first kappa shape index (κ1) is 11.8. The molecule has 7 nitrogen and oxygen atoms in total. The van der Waals surface area contributed by atoms with Crippen LogP contribution in [-0.2, 0) is 20.1 Å². The van der Waals surface area contributed by atoms with Crippen LogP contribution in [0.1, 0.15) is 18.3 Å². The van der Waals surface area contributed by atoms with Crippen LogP contribution in [0.2, 0.25) is 0 Å². The van der Waals surface area contributed by atoms with Gasteiger partial charge in [-0.15, -0.1) is 0 Å². The molecule has 0 unspecified atom stereocenters. The Labute approximate surface area is 110 Å². The van der Waals surface area contributed by atoms with Crippen molar-refractivity contribution in [3.05, 3.63) is 23.7 Å². The zero-order valence-electron chi connectivity index (χ0n) is 11.3. The van der Waals surface area contributed by atoms with Crippen molar-refractivity contribution in [1.82, 2.24) is 29.1 Å². The number of nitrogens with two attached hydrogens (primary N) is 1. The van der Waals surface area contributed by atoms with Crippen LogP contribution < -0.4 is 5.73 Å². The third-order valence-electron chi connectivity index (χ3n) is 3.22. The highest BCUT2D eigenvalue weighted by atomic mass is 15.4. The number of anilines is 1. The summed E-state index contributed by atoms with van der Waals surface area (Å²) >= 11 is 0. The molecule has 2 N–H and O–H groups in total. The minimum atomic E-state index is 0.503. The molecule has 3 aromatic rings. The second-order valence-corrected chi connectivity index (χ2v) is 4.61. The molecule has 0 fully saturated rings. The number of hydrogen-bond donors (Lipinski definition) is 1. The summed E-state index contributed by atoms with van der Waals surface area (Å²) < 4.78 is 5.67. The molecule has 0 aliphatic heterocycles. The van der Waals surface area contributed by atoms with Gasteiger partial charge < -0.3 is 5.73 Å². The molecular formula is C12H17N7. The van der Waals surface area contributed by atoms with Crippen molar-refractivity contribution in [2.45, 2.75) is 26.9 Å². The average molecular weight is 259 g/mol. The highest BCUT2D eigenvalue weighted by Gasteiger charge is 2.17. The lowest BCUT2D eigenvalue weighted by Crippen LogP contribution is -2.09. The Morgan fingerprint density at radius 3 is 2.74 bits per heavy atom. The molecule has 7 heteroatoms. The quantitative estimate of drug-likeness (QED) is 0.758. The van der Waals surface area contributed by atoms with Crippen LogP contribution in [0.25, 0.3) is 11.2 Å². The molecule has 0 spiro atoms. The summed E-state index contributed by atoms with van der Waals surface area (Å²) in [5, 5.41) is 8.85. The number of rotatable bonds is 3. The number of fused-ring (bicyclic) bond motifs is 1. The Morgan fingerprint density at radius 2 is 2.11 bits per heavy atom. The van der Waals surface area contributed by atoms with E-state index in [1.165, 1.54) is 0 Å². The zero-order valence-corrected chi connectivity index (χ0v) is 11.3. The van der Waals surface area contributed by atoms with Gasteiger partial charge >= 0.3 is 0 Å². The Bertz CT molecular complexity index is 731. The van der Waals surface area contributed by atoms with Crippen molar-refractivity contribution in [1.29, 1.82) is 0 Å². The maximum absolute atomic E-state index is 6.02. The van der Waals surface area contributed by atoms with E-state index in [0.717, 1.165) is 29.1 Å². The van der Waals surface area contributed by atoms with Gasteiger partial charge in [0.05, 0.1) is 17.9 Å². The van der Waals surface area contributed by atoms with Gasteiger partial charge in [0, 0.05) is 19.8 Å². The van der Waals surface area contributed by atoms with Gasteiger partial charge in [0.1, 0.15) is 5.52 Å². The van der Waals surface area contributed by atoms with Gasteiger partial charge in [-0.3, -0.25) is 9.25 Å². The molecule has 0 amide bonds. The SMILES string of the molecule is CCn1nc(C)c2nc(N)n(Cc3ccn(C)n3)c21. The molecule has 3 aromatic heterocycles. The van der Waals surface area contributed by atoms with Crippen molar-refractivity contribution in [3.63, 3.8) is 0 Å². The van der Waals surface area contributed by atoms with Crippen LogP contribution >= 0.6 is 0 Å². The first-order chi connectivity index (χ1) is 9.10. The van der Waals surface area contributed by atoms with E-state index >= 15 is 0 Å². The molecule has 0 atom stereocenters. The molecule has 0 bridgehead atoms. The van der Waals surface area contributed by atoms with Gasteiger partial charge in [0.2, 0.25) is 5.95 Å². The Hall–Kier alpha value is -2.31. The Morgan fingerprint density at radius 1 is 1.32 bits per heavy atom. The van der Waals surface area contributed by atoms with Gasteiger partial charge in [-0.2, -0.15) is 10.2 Å². The normalized spacial score (nSPS) is 11.5. The van der Waals surface area contributed by atoms with Gasteiger partial charge in [0.15, 0.2) is 5.65 Å². The fourth-order valence-corrected chi connectivity index (χ4v) is 2.33. The van der Waals surface area contributed by atoms with Gasteiger partial charge in [-0.25, -0.2) is 9.67 Å². The first-order valence-corrected chi connectivity index (χ1v) is 6.27. The number of hydrogen-bond acceptors (Lipinski definition) is 4. The maximum Gasteiger partial charge on any atom is 0.202 e. The zero-order chi connectivity index (χ0) is 13.6. The van der Waals surface area contributed by atoms with Crippen LogP contribution in [0.5, 0.6) is 0 Å². The van der Waals surface area contributed by atoms with E-state index in [-0.39, 0.29) is 0 Å². The van der Waals surface area contributed by atoms with E-state index in [2.05, 4.69) is 22.1 Å². The molecule has 19 heavy (non-hydrogen) atoms. The lowest BCUT2D eigenvalue weighted by molar-refractivity contribution is 0.642. The number of nitrogen functional groups attached to an aromatic ring is 1. The lowest BCUT2D eigenvalue weighted by atomic mass is 10.4. The van der Waals surface area contributed by atoms with Crippen LogP contribution in [0, 0.1) is 6.92 Å². The van der Waals surface area contributed by atoms with Crippen LogP contribution in [-0.4, -0.2) is 29.1 Å². The minimum Gasteiger partial charge on any atom is -0.369 e. The topological polar surface area (TPSA) is 79.5 Å². The highest BCUT2D eigenvalue weighted by molar-refractivity contribution is 5.77. The molecule has 0 aromatic carbocycles. The monoisotopic (exact) mass is 259 g/mol. The largest absolute Gasteiger partial charge is 0.369 e. The Kier molecular flexibility index (Phi) is 2.55. The predicted octanol–water partition coefficient (Wildman–Crippen LogP) is 0.925. The van der Waals surface area contributed by atoms with E-state index in [1.54, 1.807) is 4.68 Å². The molecule has 3 rings (SSSR count). The van der Waals surface area contributed by atoms with Crippen LogP contribution in [0.15, 0.2) is 12.3 Å². The minimum absolute atomic E-state index is 0.503. The molecule has 0 aliphatic carbocycles. The van der Waals surface area contributed by atoms with Crippen molar-refractivity contribution >= 4 is 17.1 Å². The van der Waals surface area contributed by atoms with Crippen LogP contribution in [0.4, 0.5) is 5.95 Å². The average Bonchev–Trinajstić information content (AvgIpc) is 3.00. The number of aryl methyl sites for hydroxylation is 3. The maximum atomic E-state index is 6.02. The number of imidazole rings is 1. The molecule has 0 saturated carbocycles. The third-order valence-corrected chi connectivity index (χ3v) is 3.22. The molecular weight excluding hydrogens is 242 g/mol. The second-order valence-electron chi connectivity index (χ2n) is 4.61. The lowest BCUT2D eigenvalue weighted by Gasteiger charge is -2.06. The van der Waals surface area contributed by atoms with Crippen molar-refractivity contribution in [2.75, 3.05) is 5.73 Å². The number of nitrogens with zero attached hydrogens (tertiary/aromatic N) is 6. The second kappa shape index (κ2) is 4.11.